The molecule has 2 heterocycles. The van der Waals surface area contributed by atoms with Crippen molar-refractivity contribution in [3.05, 3.63) is 53.9 Å². The molecule has 0 bridgehead atoms. The van der Waals surface area contributed by atoms with Crippen LogP contribution in [-0.2, 0) is 6.54 Å². The summed E-state index contributed by atoms with van der Waals surface area (Å²) in [5.74, 6) is 1.67. The topological polar surface area (TPSA) is 43.4 Å². The van der Waals surface area contributed by atoms with Crippen molar-refractivity contribution < 1.29 is 9.47 Å². The summed E-state index contributed by atoms with van der Waals surface area (Å²) in [4.78, 5) is 4.14. The van der Waals surface area contributed by atoms with E-state index in [2.05, 4.69) is 29.4 Å². The Morgan fingerprint density at radius 2 is 2.05 bits per heavy atom. The van der Waals surface area contributed by atoms with Gasteiger partial charge in [0, 0.05) is 25.0 Å². The van der Waals surface area contributed by atoms with Crippen LogP contribution in [0.2, 0.25) is 0 Å². The zero-order chi connectivity index (χ0) is 13.8. The number of nitrogens with one attached hydrogen (secondary N) is 1. The number of nitrogens with zero attached hydrogens (tertiary/aromatic N) is 1. The second-order valence-corrected chi connectivity index (χ2v) is 4.87. The fourth-order valence-electron chi connectivity index (χ4n) is 2.22. The largest absolute Gasteiger partial charge is 0.486 e. The highest BCUT2D eigenvalue weighted by Gasteiger charge is 2.12. The second-order valence-electron chi connectivity index (χ2n) is 4.87. The van der Waals surface area contributed by atoms with Gasteiger partial charge in [0.15, 0.2) is 11.5 Å². The van der Waals surface area contributed by atoms with Gasteiger partial charge in [0.2, 0.25) is 0 Å². The highest BCUT2D eigenvalue weighted by atomic mass is 16.6. The Morgan fingerprint density at radius 3 is 2.85 bits per heavy atom. The van der Waals surface area contributed by atoms with Crippen LogP contribution in [0.5, 0.6) is 11.5 Å². The van der Waals surface area contributed by atoms with Crippen molar-refractivity contribution in [1.29, 1.82) is 0 Å². The molecule has 3 rings (SSSR count). The minimum absolute atomic E-state index is 0.261. The Kier molecular flexibility index (Phi) is 3.83. The SMILES string of the molecule is C[C@H](NCc1ccc2c(c1)OCCO2)c1cccnc1. The van der Waals surface area contributed by atoms with Gasteiger partial charge < -0.3 is 14.8 Å². The molecule has 0 saturated carbocycles. The molecule has 1 atom stereocenters. The zero-order valence-corrected chi connectivity index (χ0v) is 11.5. The number of rotatable bonds is 4. The van der Waals surface area contributed by atoms with Gasteiger partial charge in [-0.25, -0.2) is 0 Å². The predicted molar refractivity (Wildman–Crippen MR) is 76.9 cm³/mol. The van der Waals surface area contributed by atoms with Crippen LogP contribution < -0.4 is 14.8 Å². The lowest BCUT2D eigenvalue weighted by molar-refractivity contribution is 0.171. The minimum atomic E-state index is 0.261. The number of fused-ring (bicyclic) bond motifs is 1. The van der Waals surface area contributed by atoms with E-state index in [-0.39, 0.29) is 6.04 Å². The van der Waals surface area contributed by atoms with Crippen LogP contribution in [0.1, 0.15) is 24.1 Å². The van der Waals surface area contributed by atoms with E-state index < -0.39 is 0 Å². The molecule has 1 N–H and O–H groups in total. The van der Waals surface area contributed by atoms with E-state index in [1.54, 1.807) is 6.20 Å². The Balaban J connectivity index is 1.64. The highest BCUT2D eigenvalue weighted by Crippen LogP contribution is 2.30. The Bertz CT molecular complexity index is 572. The van der Waals surface area contributed by atoms with Crippen LogP contribution in [0.4, 0.5) is 0 Å². The highest BCUT2D eigenvalue weighted by molar-refractivity contribution is 5.43. The van der Waals surface area contributed by atoms with Gasteiger partial charge in [-0.15, -0.1) is 0 Å². The van der Waals surface area contributed by atoms with Crippen molar-refractivity contribution >= 4 is 0 Å². The number of aromatic nitrogens is 1. The van der Waals surface area contributed by atoms with Gasteiger partial charge in [-0.1, -0.05) is 12.1 Å². The molecule has 2 aromatic rings. The molecule has 0 radical (unpaired) electrons. The van der Waals surface area contributed by atoms with Crippen LogP contribution in [0, 0.1) is 0 Å². The molecular weight excluding hydrogens is 252 g/mol. The molecule has 104 valence electrons. The molecule has 0 amide bonds. The average Bonchev–Trinajstić information content (AvgIpc) is 2.53. The monoisotopic (exact) mass is 270 g/mol. The second kappa shape index (κ2) is 5.92. The summed E-state index contributed by atoms with van der Waals surface area (Å²) in [5.41, 5.74) is 2.37. The van der Waals surface area contributed by atoms with Crippen LogP contribution in [0.15, 0.2) is 42.7 Å². The van der Waals surface area contributed by atoms with Gasteiger partial charge in [0.1, 0.15) is 13.2 Å². The van der Waals surface area contributed by atoms with Crippen molar-refractivity contribution in [1.82, 2.24) is 10.3 Å². The molecule has 1 aromatic heterocycles. The van der Waals surface area contributed by atoms with Crippen molar-refractivity contribution in [2.75, 3.05) is 13.2 Å². The summed E-state index contributed by atoms with van der Waals surface area (Å²) >= 11 is 0. The molecule has 0 aliphatic carbocycles. The smallest absolute Gasteiger partial charge is 0.161 e. The summed E-state index contributed by atoms with van der Waals surface area (Å²) < 4.78 is 11.1. The summed E-state index contributed by atoms with van der Waals surface area (Å²) in [5, 5.41) is 3.49. The lowest BCUT2D eigenvalue weighted by Crippen LogP contribution is -2.19. The van der Waals surface area contributed by atoms with Crippen LogP contribution in [0.25, 0.3) is 0 Å². The maximum atomic E-state index is 5.59. The third-order valence-electron chi connectivity index (χ3n) is 3.40. The van der Waals surface area contributed by atoms with E-state index in [1.807, 2.05) is 24.4 Å². The fraction of sp³-hybridized carbons (Fsp3) is 0.312. The summed E-state index contributed by atoms with van der Waals surface area (Å²) in [6.45, 7) is 4.17. The molecule has 1 aromatic carbocycles. The number of pyridine rings is 1. The first-order valence-electron chi connectivity index (χ1n) is 6.85. The quantitative estimate of drug-likeness (QED) is 0.927. The van der Waals surface area contributed by atoms with E-state index >= 15 is 0 Å². The molecule has 4 heteroatoms. The average molecular weight is 270 g/mol. The molecule has 1 aliphatic heterocycles. The first kappa shape index (κ1) is 12.9. The van der Waals surface area contributed by atoms with Gasteiger partial charge in [0.25, 0.3) is 0 Å². The Labute approximate surface area is 118 Å². The van der Waals surface area contributed by atoms with Crippen molar-refractivity contribution in [3.63, 3.8) is 0 Å². The number of hydrogen-bond acceptors (Lipinski definition) is 4. The summed E-state index contributed by atoms with van der Waals surface area (Å²) in [7, 11) is 0. The van der Waals surface area contributed by atoms with Crippen LogP contribution in [-0.4, -0.2) is 18.2 Å². The first-order valence-corrected chi connectivity index (χ1v) is 6.85. The first-order chi connectivity index (χ1) is 9.83. The molecule has 0 fully saturated rings. The molecule has 0 spiro atoms. The fourth-order valence-corrected chi connectivity index (χ4v) is 2.22. The Hall–Kier alpha value is -2.07. The standard InChI is InChI=1S/C16H18N2O2/c1-12(14-3-2-6-17-11-14)18-10-13-4-5-15-16(9-13)20-8-7-19-15/h2-6,9,11-12,18H,7-8,10H2,1H3/t12-/m0/s1. The third kappa shape index (κ3) is 2.91. The molecule has 0 unspecified atom stereocenters. The maximum Gasteiger partial charge on any atom is 0.161 e. The molecule has 4 nitrogen and oxygen atoms in total. The normalized spacial score (nSPS) is 14.8. The maximum absolute atomic E-state index is 5.59. The number of hydrogen-bond donors (Lipinski definition) is 1. The molecule has 20 heavy (non-hydrogen) atoms. The van der Waals surface area contributed by atoms with Gasteiger partial charge in [-0.3, -0.25) is 4.98 Å². The van der Waals surface area contributed by atoms with Crippen LogP contribution >= 0.6 is 0 Å². The summed E-state index contributed by atoms with van der Waals surface area (Å²) in [6, 6.07) is 10.4. The number of ether oxygens (including phenoxy) is 2. The van der Waals surface area contributed by atoms with Gasteiger partial charge in [0.05, 0.1) is 0 Å². The van der Waals surface area contributed by atoms with E-state index in [0.29, 0.717) is 13.2 Å². The number of benzene rings is 1. The van der Waals surface area contributed by atoms with Crippen LogP contribution in [0.3, 0.4) is 0 Å². The minimum Gasteiger partial charge on any atom is -0.486 e. The van der Waals surface area contributed by atoms with Crippen molar-refractivity contribution in [2.45, 2.75) is 19.5 Å². The zero-order valence-electron chi connectivity index (χ0n) is 11.5. The molecule has 1 aliphatic rings. The Morgan fingerprint density at radius 1 is 1.20 bits per heavy atom. The van der Waals surface area contributed by atoms with Gasteiger partial charge in [-0.05, 0) is 36.2 Å². The summed E-state index contributed by atoms with van der Waals surface area (Å²) in [6.07, 6.45) is 3.68. The third-order valence-corrected chi connectivity index (χ3v) is 3.40. The van der Waals surface area contributed by atoms with Crippen molar-refractivity contribution in [2.24, 2.45) is 0 Å². The van der Waals surface area contributed by atoms with E-state index in [9.17, 15) is 0 Å². The van der Waals surface area contributed by atoms with Gasteiger partial charge >= 0.3 is 0 Å². The lowest BCUT2D eigenvalue weighted by atomic mass is 10.1. The lowest BCUT2D eigenvalue weighted by Gasteiger charge is -2.19. The van der Waals surface area contributed by atoms with E-state index in [0.717, 1.165) is 18.0 Å². The molecule has 0 saturated heterocycles. The molecular formula is C16H18N2O2. The predicted octanol–water partition coefficient (Wildman–Crippen LogP) is 2.70. The van der Waals surface area contributed by atoms with E-state index in [4.69, 9.17) is 9.47 Å². The van der Waals surface area contributed by atoms with Crippen molar-refractivity contribution in [3.8, 4) is 11.5 Å². The van der Waals surface area contributed by atoms with Gasteiger partial charge in [-0.2, -0.15) is 0 Å². The van der Waals surface area contributed by atoms with E-state index in [1.165, 1.54) is 11.1 Å².